The highest BCUT2D eigenvalue weighted by Gasteiger charge is 2.31. The first kappa shape index (κ1) is 21.8. The van der Waals surface area contributed by atoms with Gasteiger partial charge in [0.2, 0.25) is 5.91 Å². The molecule has 2 saturated heterocycles. The molecule has 0 saturated carbocycles. The fraction of sp³-hybridized carbons (Fsp3) is 0.500. The molecule has 0 aliphatic carbocycles. The minimum atomic E-state index is -0.875. The monoisotopic (exact) mass is 421 g/mol. The molecule has 166 valence electrons. The van der Waals surface area contributed by atoms with E-state index < -0.39 is 5.60 Å². The van der Waals surface area contributed by atoms with Crippen molar-refractivity contribution in [3.05, 3.63) is 59.7 Å². The van der Waals surface area contributed by atoms with E-state index in [1.165, 1.54) is 11.3 Å². The van der Waals surface area contributed by atoms with Gasteiger partial charge < -0.3 is 19.8 Å². The Balaban J connectivity index is 1.49. The Bertz CT molecular complexity index is 896. The van der Waals surface area contributed by atoms with Crippen LogP contribution < -0.4 is 9.80 Å². The van der Waals surface area contributed by atoms with Crippen molar-refractivity contribution in [1.29, 1.82) is 0 Å². The maximum Gasteiger partial charge on any atom is 0.230 e. The van der Waals surface area contributed by atoms with Crippen LogP contribution in [-0.2, 0) is 16.8 Å². The van der Waals surface area contributed by atoms with Gasteiger partial charge in [-0.25, -0.2) is 0 Å². The van der Waals surface area contributed by atoms with Crippen LogP contribution in [0.4, 0.5) is 11.4 Å². The lowest BCUT2D eigenvalue weighted by Crippen LogP contribution is -2.45. The van der Waals surface area contributed by atoms with E-state index in [1.807, 2.05) is 29.2 Å². The van der Waals surface area contributed by atoms with Crippen LogP contribution in [0, 0.1) is 5.92 Å². The fourth-order valence-corrected chi connectivity index (χ4v) is 4.75. The molecule has 2 fully saturated rings. The molecule has 2 aromatic carbocycles. The highest BCUT2D eigenvalue weighted by Crippen LogP contribution is 2.31. The van der Waals surface area contributed by atoms with Gasteiger partial charge in [-0.15, -0.1) is 0 Å². The van der Waals surface area contributed by atoms with Crippen LogP contribution >= 0.6 is 0 Å². The average Bonchev–Trinajstić information content (AvgIpc) is 2.76. The zero-order valence-electron chi connectivity index (χ0n) is 19.1. The molecule has 2 aliphatic heterocycles. The van der Waals surface area contributed by atoms with Gasteiger partial charge in [0.05, 0.1) is 5.60 Å². The first-order chi connectivity index (χ1) is 14.8. The number of anilines is 2. The molecular weight excluding hydrogens is 386 g/mol. The smallest absolute Gasteiger partial charge is 0.230 e. The Hall–Kier alpha value is -2.37. The van der Waals surface area contributed by atoms with Gasteiger partial charge in [0, 0.05) is 50.0 Å². The Morgan fingerprint density at radius 1 is 0.968 bits per heavy atom. The number of likely N-dealkylation sites (N-methyl/N-ethyl adjacent to an activating group) is 1. The van der Waals surface area contributed by atoms with Crippen LogP contribution in [-0.4, -0.2) is 55.7 Å². The van der Waals surface area contributed by atoms with Gasteiger partial charge in [-0.1, -0.05) is 30.3 Å². The third-order valence-electron chi connectivity index (χ3n) is 6.74. The van der Waals surface area contributed by atoms with Crippen LogP contribution in [0.25, 0.3) is 0 Å². The van der Waals surface area contributed by atoms with E-state index >= 15 is 0 Å². The SMILES string of the molecule is CN1CCN(c2ccccc2C[C@H]2CCCN(c3ccc(C(C)(C)O)cc3)C2=O)CC1. The number of carbonyl (C=O) groups is 1. The summed E-state index contributed by atoms with van der Waals surface area (Å²) in [7, 11) is 2.17. The Labute approximate surface area is 186 Å². The van der Waals surface area contributed by atoms with E-state index in [0.29, 0.717) is 0 Å². The van der Waals surface area contributed by atoms with Gasteiger partial charge in [0.25, 0.3) is 0 Å². The number of aliphatic hydroxyl groups is 1. The van der Waals surface area contributed by atoms with Crippen LogP contribution in [0.5, 0.6) is 0 Å². The van der Waals surface area contributed by atoms with E-state index in [0.717, 1.165) is 63.2 Å². The maximum atomic E-state index is 13.4. The Kier molecular flexibility index (Phi) is 6.35. The molecule has 4 rings (SSSR count). The van der Waals surface area contributed by atoms with Gasteiger partial charge in [0.15, 0.2) is 0 Å². The standard InChI is InChI=1S/C26H35N3O2/c1-26(2,31)22-10-12-23(13-11-22)29-14-6-8-21(25(29)30)19-20-7-4-5-9-24(20)28-17-15-27(3)16-18-28/h4-5,7,9-13,21,31H,6,8,14-19H2,1-3H3/t21-/m1/s1. The number of rotatable bonds is 5. The topological polar surface area (TPSA) is 47.0 Å². The molecule has 2 aliphatic rings. The zero-order chi connectivity index (χ0) is 22.0. The molecule has 31 heavy (non-hydrogen) atoms. The van der Waals surface area contributed by atoms with Gasteiger partial charge in [0.1, 0.15) is 0 Å². The summed E-state index contributed by atoms with van der Waals surface area (Å²) in [5.74, 6) is 0.228. The summed E-state index contributed by atoms with van der Waals surface area (Å²) < 4.78 is 0. The normalized spacial score (nSPS) is 20.9. The quantitative estimate of drug-likeness (QED) is 0.801. The van der Waals surface area contributed by atoms with E-state index in [2.05, 4.69) is 41.1 Å². The number of hydrogen-bond acceptors (Lipinski definition) is 4. The summed E-state index contributed by atoms with van der Waals surface area (Å²) in [4.78, 5) is 20.2. The van der Waals surface area contributed by atoms with E-state index in [4.69, 9.17) is 0 Å². The number of nitrogens with zero attached hydrogens (tertiary/aromatic N) is 3. The first-order valence-electron chi connectivity index (χ1n) is 11.5. The molecule has 2 heterocycles. The Morgan fingerprint density at radius 2 is 1.65 bits per heavy atom. The third-order valence-corrected chi connectivity index (χ3v) is 6.74. The molecule has 5 nitrogen and oxygen atoms in total. The van der Waals surface area contributed by atoms with Gasteiger partial charge in [-0.3, -0.25) is 4.79 Å². The number of amides is 1. The zero-order valence-corrected chi connectivity index (χ0v) is 19.1. The summed E-state index contributed by atoms with van der Waals surface area (Å²) in [6.45, 7) is 8.54. The Morgan fingerprint density at radius 3 is 2.32 bits per heavy atom. The van der Waals surface area contributed by atoms with Crippen LogP contribution in [0.2, 0.25) is 0 Å². The summed E-state index contributed by atoms with van der Waals surface area (Å²) >= 11 is 0. The number of carbonyl (C=O) groups excluding carboxylic acids is 1. The van der Waals surface area contributed by atoms with Crippen LogP contribution in [0.3, 0.4) is 0 Å². The second-order valence-corrected chi connectivity index (χ2v) is 9.56. The number of para-hydroxylation sites is 1. The van der Waals surface area contributed by atoms with Gasteiger partial charge in [-0.05, 0) is 69.5 Å². The maximum absolute atomic E-state index is 13.4. The summed E-state index contributed by atoms with van der Waals surface area (Å²) in [6, 6.07) is 16.4. The molecular formula is C26H35N3O2. The number of benzene rings is 2. The highest BCUT2D eigenvalue weighted by molar-refractivity contribution is 5.96. The summed E-state index contributed by atoms with van der Waals surface area (Å²) in [6.07, 6.45) is 2.74. The number of piperazine rings is 1. The molecule has 5 heteroatoms. The molecule has 1 atom stereocenters. The van der Waals surface area contributed by atoms with E-state index in [1.54, 1.807) is 13.8 Å². The minimum absolute atomic E-state index is 0.0105. The lowest BCUT2D eigenvalue weighted by Gasteiger charge is -2.36. The molecule has 0 unspecified atom stereocenters. The van der Waals surface area contributed by atoms with Crippen molar-refractivity contribution in [2.45, 2.75) is 38.7 Å². The van der Waals surface area contributed by atoms with Gasteiger partial charge in [-0.2, -0.15) is 0 Å². The van der Waals surface area contributed by atoms with Crippen LogP contribution in [0.15, 0.2) is 48.5 Å². The van der Waals surface area contributed by atoms with Crippen molar-refractivity contribution in [2.75, 3.05) is 49.6 Å². The fourth-order valence-electron chi connectivity index (χ4n) is 4.75. The molecule has 0 radical (unpaired) electrons. The number of piperidine rings is 1. The van der Waals surface area contributed by atoms with Crippen molar-refractivity contribution in [1.82, 2.24) is 4.90 Å². The number of hydrogen-bond donors (Lipinski definition) is 1. The second-order valence-electron chi connectivity index (χ2n) is 9.56. The van der Waals surface area contributed by atoms with Crippen molar-refractivity contribution in [2.24, 2.45) is 5.92 Å². The van der Waals surface area contributed by atoms with Crippen molar-refractivity contribution in [3.8, 4) is 0 Å². The minimum Gasteiger partial charge on any atom is -0.386 e. The molecule has 1 N–H and O–H groups in total. The molecule has 0 bridgehead atoms. The lowest BCUT2D eigenvalue weighted by atomic mass is 9.89. The van der Waals surface area contributed by atoms with Crippen molar-refractivity contribution in [3.63, 3.8) is 0 Å². The summed E-state index contributed by atoms with van der Waals surface area (Å²) in [5.41, 5.74) is 3.48. The lowest BCUT2D eigenvalue weighted by molar-refractivity contribution is -0.123. The second kappa shape index (κ2) is 9.01. The largest absolute Gasteiger partial charge is 0.386 e. The predicted octanol–water partition coefficient (Wildman–Crippen LogP) is 3.65. The molecule has 1 amide bonds. The first-order valence-corrected chi connectivity index (χ1v) is 11.5. The van der Waals surface area contributed by atoms with E-state index in [9.17, 15) is 9.90 Å². The van der Waals surface area contributed by atoms with Gasteiger partial charge >= 0.3 is 0 Å². The molecule has 2 aromatic rings. The third kappa shape index (κ3) is 4.94. The highest BCUT2D eigenvalue weighted by atomic mass is 16.3. The van der Waals surface area contributed by atoms with Crippen molar-refractivity contribution < 1.29 is 9.90 Å². The predicted molar refractivity (Wildman–Crippen MR) is 127 cm³/mol. The van der Waals surface area contributed by atoms with E-state index in [-0.39, 0.29) is 11.8 Å². The molecule has 0 spiro atoms. The van der Waals surface area contributed by atoms with Crippen LogP contribution in [0.1, 0.15) is 37.8 Å². The summed E-state index contributed by atoms with van der Waals surface area (Å²) in [5, 5.41) is 10.2. The molecule has 0 aromatic heterocycles. The van der Waals surface area contributed by atoms with Crippen molar-refractivity contribution >= 4 is 17.3 Å². The average molecular weight is 422 g/mol.